The number of nitro groups is 1. The lowest BCUT2D eigenvalue weighted by Crippen LogP contribution is -1.96. The van der Waals surface area contributed by atoms with Crippen molar-refractivity contribution in [2.24, 2.45) is 0 Å². The van der Waals surface area contributed by atoms with E-state index in [2.05, 4.69) is 0 Å². The summed E-state index contributed by atoms with van der Waals surface area (Å²) in [4.78, 5) is 20.5. The van der Waals surface area contributed by atoms with E-state index >= 15 is 0 Å². The second-order valence-electron chi connectivity index (χ2n) is 2.83. The highest BCUT2D eigenvalue weighted by molar-refractivity contribution is 5.86. The van der Waals surface area contributed by atoms with Gasteiger partial charge in [-0.3, -0.25) is 10.1 Å². The molecule has 6 nitrogen and oxygen atoms in total. The third-order valence-electron chi connectivity index (χ3n) is 1.84. The molecule has 1 N–H and O–H groups in total. The van der Waals surface area contributed by atoms with Crippen LogP contribution in [0.15, 0.2) is 24.3 Å². The van der Waals surface area contributed by atoms with Gasteiger partial charge in [-0.25, -0.2) is 4.79 Å². The Morgan fingerprint density at radius 2 is 2.25 bits per heavy atom. The van der Waals surface area contributed by atoms with Crippen molar-refractivity contribution in [2.45, 2.75) is 0 Å². The van der Waals surface area contributed by atoms with Crippen LogP contribution in [0.5, 0.6) is 5.75 Å². The lowest BCUT2D eigenvalue weighted by Gasteiger charge is -2.03. The molecule has 0 spiro atoms. The van der Waals surface area contributed by atoms with Gasteiger partial charge in [-0.2, -0.15) is 0 Å². The molecule has 0 fully saturated rings. The van der Waals surface area contributed by atoms with Crippen LogP contribution in [0.2, 0.25) is 0 Å². The Kier molecular flexibility index (Phi) is 3.60. The van der Waals surface area contributed by atoms with Crippen molar-refractivity contribution < 1.29 is 19.6 Å². The van der Waals surface area contributed by atoms with Crippen LogP contribution < -0.4 is 4.74 Å². The van der Waals surface area contributed by atoms with Gasteiger partial charge in [0, 0.05) is 6.08 Å². The molecule has 0 aliphatic carbocycles. The summed E-state index contributed by atoms with van der Waals surface area (Å²) in [6, 6.07) is 4.43. The smallest absolute Gasteiger partial charge is 0.328 e. The Morgan fingerprint density at radius 1 is 1.56 bits per heavy atom. The van der Waals surface area contributed by atoms with Crippen LogP contribution in [0.4, 0.5) is 5.69 Å². The summed E-state index contributed by atoms with van der Waals surface area (Å²) in [6.07, 6.45) is 1.99. The highest BCUT2D eigenvalue weighted by Gasteiger charge is 2.18. The topological polar surface area (TPSA) is 89.7 Å². The molecule has 0 radical (unpaired) electrons. The molecule has 0 bridgehead atoms. The first-order chi connectivity index (χ1) is 7.56. The molecule has 0 aliphatic rings. The summed E-state index contributed by atoms with van der Waals surface area (Å²) < 4.78 is 4.83. The number of carboxylic acid groups (broad SMARTS) is 1. The van der Waals surface area contributed by atoms with Gasteiger partial charge in [-0.15, -0.1) is 0 Å². The molecular weight excluding hydrogens is 214 g/mol. The Labute approximate surface area is 90.9 Å². The third-order valence-corrected chi connectivity index (χ3v) is 1.84. The number of hydrogen-bond acceptors (Lipinski definition) is 4. The summed E-state index contributed by atoms with van der Waals surface area (Å²) in [5, 5.41) is 19.2. The maximum absolute atomic E-state index is 10.8. The summed E-state index contributed by atoms with van der Waals surface area (Å²) in [6.45, 7) is 0. The number of nitrogens with zero attached hydrogens (tertiary/aromatic N) is 1. The maximum atomic E-state index is 10.8. The second-order valence-corrected chi connectivity index (χ2v) is 2.83. The fraction of sp³-hybridized carbons (Fsp3) is 0.100. The predicted molar refractivity (Wildman–Crippen MR) is 56.3 cm³/mol. The van der Waals surface area contributed by atoms with E-state index in [1.54, 1.807) is 6.07 Å². The zero-order valence-corrected chi connectivity index (χ0v) is 8.41. The lowest BCUT2D eigenvalue weighted by atomic mass is 10.1. The molecule has 1 rings (SSSR count). The van der Waals surface area contributed by atoms with Crippen LogP contribution >= 0.6 is 0 Å². The molecule has 1 aromatic carbocycles. The van der Waals surface area contributed by atoms with E-state index in [1.165, 1.54) is 19.2 Å². The average Bonchev–Trinajstić information content (AvgIpc) is 2.25. The number of hydrogen-bond donors (Lipinski definition) is 1. The monoisotopic (exact) mass is 223 g/mol. The number of carboxylic acids is 1. The fourth-order valence-electron chi connectivity index (χ4n) is 1.19. The quantitative estimate of drug-likeness (QED) is 0.476. The molecule has 0 saturated heterocycles. The van der Waals surface area contributed by atoms with Crippen molar-refractivity contribution in [3.05, 3.63) is 40.0 Å². The molecule has 0 amide bonds. The van der Waals surface area contributed by atoms with Gasteiger partial charge in [-0.05, 0) is 18.2 Å². The van der Waals surface area contributed by atoms with Gasteiger partial charge in [0.15, 0.2) is 5.75 Å². The number of aliphatic carboxylic acids is 1. The van der Waals surface area contributed by atoms with Crippen LogP contribution in [-0.2, 0) is 4.79 Å². The Morgan fingerprint density at radius 3 is 2.75 bits per heavy atom. The highest BCUT2D eigenvalue weighted by atomic mass is 16.6. The van der Waals surface area contributed by atoms with E-state index in [-0.39, 0.29) is 17.0 Å². The number of para-hydroxylation sites is 1. The highest BCUT2D eigenvalue weighted by Crippen LogP contribution is 2.31. The molecule has 0 aliphatic heterocycles. The Hall–Kier alpha value is -2.37. The van der Waals surface area contributed by atoms with Crippen LogP contribution in [0.3, 0.4) is 0 Å². The SMILES string of the molecule is COc1cccc(/C=C/C(=O)O)c1[N+](=O)[O-]. The summed E-state index contributed by atoms with van der Waals surface area (Å²) in [7, 11) is 1.31. The maximum Gasteiger partial charge on any atom is 0.328 e. The number of ether oxygens (including phenoxy) is 1. The van der Waals surface area contributed by atoms with Crippen molar-refractivity contribution in [1.29, 1.82) is 0 Å². The number of rotatable bonds is 4. The van der Waals surface area contributed by atoms with Crippen molar-refractivity contribution in [1.82, 2.24) is 0 Å². The molecule has 0 saturated carbocycles. The fourth-order valence-corrected chi connectivity index (χ4v) is 1.19. The number of benzene rings is 1. The number of methoxy groups -OCH3 is 1. The molecule has 0 atom stereocenters. The lowest BCUT2D eigenvalue weighted by molar-refractivity contribution is -0.386. The first-order valence-corrected chi connectivity index (χ1v) is 4.28. The summed E-state index contributed by atoms with van der Waals surface area (Å²) in [5.74, 6) is -1.07. The molecule has 6 heteroatoms. The minimum absolute atomic E-state index is 0.0949. The van der Waals surface area contributed by atoms with Gasteiger partial charge >= 0.3 is 11.7 Å². The van der Waals surface area contributed by atoms with Gasteiger partial charge in [0.2, 0.25) is 0 Å². The van der Waals surface area contributed by atoms with Gasteiger partial charge < -0.3 is 9.84 Å². The molecule has 0 aromatic heterocycles. The van der Waals surface area contributed by atoms with Crippen LogP contribution in [0.1, 0.15) is 5.56 Å². The summed E-state index contributed by atoms with van der Waals surface area (Å²) >= 11 is 0. The van der Waals surface area contributed by atoms with Crippen molar-refractivity contribution in [2.75, 3.05) is 7.11 Å². The Balaban J connectivity index is 3.27. The molecule has 84 valence electrons. The Bertz CT molecular complexity index is 453. The molecular formula is C10H9NO5. The van der Waals surface area contributed by atoms with Gasteiger partial charge in [-0.1, -0.05) is 6.07 Å². The van der Waals surface area contributed by atoms with Crippen LogP contribution in [-0.4, -0.2) is 23.1 Å². The van der Waals surface area contributed by atoms with Crippen molar-refractivity contribution in [3.8, 4) is 5.75 Å². The van der Waals surface area contributed by atoms with Crippen LogP contribution in [0.25, 0.3) is 6.08 Å². The van der Waals surface area contributed by atoms with Gasteiger partial charge in [0.05, 0.1) is 17.6 Å². The van der Waals surface area contributed by atoms with E-state index in [1.807, 2.05) is 0 Å². The first kappa shape index (κ1) is 11.7. The largest absolute Gasteiger partial charge is 0.490 e. The van der Waals surface area contributed by atoms with E-state index in [0.717, 1.165) is 12.2 Å². The number of carbonyl (C=O) groups is 1. The van der Waals surface area contributed by atoms with E-state index in [9.17, 15) is 14.9 Å². The second kappa shape index (κ2) is 4.92. The molecule has 1 aromatic rings. The minimum Gasteiger partial charge on any atom is -0.490 e. The van der Waals surface area contributed by atoms with Crippen LogP contribution in [0, 0.1) is 10.1 Å². The van der Waals surface area contributed by atoms with Crippen molar-refractivity contribution in [3.63, 3.8) is 0 Å². The molecule has 0 heterocycles. The summed E-state index contributed by atoms with van der Waals surface area (Å²) in [5.41, 5.74) is -0.0609. The third kappa shape index (κ3) is 2.57. The minimum atomic E-state index is -1.17. The first-order valence-electron chi connectivity index (χ1n) is 4.28. The normalized spacial score (nSPS) is 10.3. The predicted octanol–water partition coefficient (Wildman–Crippen LogP) is 1.70. The standard InChI is InChI=1S/C10H9NO5/c1-16-8-4-2-3-7(5-6-9(12)13)10(8)11(14)15/h2-6H,1H3,(H,12,13)/b6-5+. The van der Waals surface area contributed by atoms with Gasteiger partial charge in [0.1, 0.15) is 0 Å². The zero-order valence-electron chi connectivity index (χ0n) is 8.41. The molecule has 0 unspecified atom stereocenters. The molecule has 16 heavy (non-hydrogen) atoms. The number of nitro benzene ring substituents is 1. The van der Waals surface area contributed by atoms with Crippen molar-refractivity contribution >= 4 is 17.7 Å². The zero-order chi connectivity index (χ0) is 12.1. The van der Waals surface area contributed by atoms with E-state index in [0.29, 0.717) is 0 Å². The van der Waals surface area contributed by atoms with E-state index in [4.69, 9.17) is 9.84 Å². The van der Waals surface area contributed by atoms with Gasteiger partial charge in [0.25, 0.3) is 0 Å². The average molecular weight is 223 g/mol. The van der Waals surface area contributed by atoms with E-state index < -0.39 is 10.9 Å².